The Hall–Kier alpha value is 0.310. The minimum Gasteiger partial charge on any atom is -0.299 e. The van der Waals surface area contributed by atoms with E-state index in [1.54, 1.807) is 0 Å². The number of hydrogen-bond acceptors (Lipinski definition) is 2. The first-order valence-corrected chi connectivity index (χ1v) is 8.16. The molecule has 0 aromatic carbocycles. The first-order valence-electron chi connectivity index (χ1n) is 7.18. The van der Waals surface area contributed by atoms with Crippen LogP contribution in [0.15, 0.2) is 0 Å². The van der Waals surface area contributed by atoms with Gasteiger partial charge in [-0.15, -0.1) is 11.8 Å². The third-order valence-electron chi connectivity index (χ3n) is 5.30. The Morgan fingerprint density at radius 3 is 2.31 bits per heavy atom. The number of nitrogens with one attached hydrogen (secondary N) is 1. The summed E-state index contributed by atoms with van der Waals surface area (Å²) in [5, 5.41) is 3.93. The van der Waals surface area contributed by atoms with E-state index in [1.807, 2.05) is 0 Å². The van der Waals surface area contributed by atoms with Crippen LogP contribution in [-0.2, 0) is 0 Å². The molecule has 0 aromatic rings. The molecule has 1 aliphatic heterocycles. The quantitative estimate of drug-likeness (QED) is 0.744. The SMILES string of the molecule is CCC1CSC2(CCC3(CCCC3)CC2)N1. The zero-order valence-corrected chi connectivity index (χ0v) is 11.4. The van der Waals surface area contributed by atoms with E-state index in [2.05, 4.69) is 24.0 Å². The second kappa shape index (κ2) is 4.20. The van der Waals surface area contributed by atoms with Crippen molar-refractivity contribution in [1.82, 2.24) is 5.32 Å². The van der Waals surface area contributed by atoms with E-state index in [4.69, 9.17) is 0 Å². The van der Waals surface area contributed by atoms with E-state index in [0.717, 1.165) is 11.5 Å². The molecule has 16 heavy (non-hydrogen) atoms. The molecule has 1 nitrogen and oxygen atoms in total. The van der Waals surface area contributed by atoms with Gasteiger partial charge in [0.15, 0.2) is 0 Å². The van der Waals surface area contributed by atoms with E-state index < -0.39 is 0 Å². The summed E-state index contributed by atoms with van der Waals surface area (Å²) in [5.41, 5.74) is 0.789. The van der Waals surface area contributed by atoms with Crippen LogP contribution < -0.4 is 5.32 Å². The van der Waals surface area contributed by atoms with Gasteiger partial charge in [-0.05, 0) is 50.4 Å². The summed E-state index contributed by atoms with van der Waals surface area (Å²) < 4.78 is 0. The number of rotatable bonds is 1. The van der Waals surface area contributed by atoms with Crippen molar-refractivity contribution in [2.45, 2.75) is 75.6 Å². The van der Waals surface area contributed by atoms with E-state index in [-0.39, 0.29) is 0 Å². The lowest BCUT2D eigenvalue weighted by Crippen LogP contribution is -2.46. The second-order valence-corrected chi connectivity index (χ2v) is 7.67. The number of hydrogen-bond donors (Lipinski definition) is 1. The van der Waals surface area contributed by atoms with Crippen LogP contribution in [0.3, 0.4) is 0 Å². The van der Waals surface area contributed by atoms with Gasteiger partial charge in [0, 0.05) is 11.8 Å². The molecule has 1 unspecified atom stereocenters. The molecule has 1 atom stereocenters. The average molecular weight is 239 g/mol. The van der Waals surface area contributed by atoms with Crippen LogP contribution in [0.25, 0.3) is 0 Å². The van der Waals surface area contributed by atoms with Gasteiger partial charge in [0.25, 0.3) is 0 Å². The van der Waals surface area contributed by atoms with Crippen LogP contribution in [0.5, 0.6) is 0 Å². The molecule has 2 heteroatoms. The number of thioether (sulfide) groups is 1. The van der Waals surface area contributed by atoms with Gasteiger partial charge in [-0.25, -0.2) is 0 Å². The molecular formula is C14H25NS. The normalized spacial score (nSPS) is 36.2. The monoisotopic (exact) mass is 239 g/mol. The molecule has 0 aromatic heterocycles. The molecule has 2 aliphatic carbocycles. The fourth-order valence-electron chi connectivity index (χ4n) is 4.03. The maximum Gasteiger partial charge on any atom is 0.0648 e. The Morgan fingerprint density at radius 1 is 1.06 bits per heavy atom. The topological polar surface area (TPSA) is 12.0 Å². The van der Waals surface area contributed by atoms with Gasteiger partial charge >= 0.3 is 0 Å². The Kier molecular flexibility index (Phi) is 3.00. The van der Waals surface area contributed by atoms with Crippen LogP contribution in [0.2, 0.25) is 0 Å². The molecule has 1 N–H and O–H groups in total. The van der Waals surface area contributed by atoms with Gasteiger partial charge in [0.1, 0.15) is 0 Å². The van der Waals surface area contributed by atoms with Crippen molar-refractivity contribution in [3.63, 3.8) is 0 Å². The highest BCUT2D eigenvalue weighted by Gasteiger charge is 2.46. The van der Waals surface area contributed by atoms with Crippen molar-refractivity contribution in [3.8, 4) is 0 Å². The van der Waals surface area contributed by atoms with Crippen molar-refractivity contribution in [2.75, 3.05) is 5.75 Å². The maximum atomic E-state index is 3.93. The van der Waals surface area contributed by atoms with Crippen LogP contribution in [-0.4, -0.2) is 16.7 Å². The fraction of sp³-hybridized carbons (Fsp3) is 1.00. The molecule has 92 valence electrons. The molecule has 2 saturated carbocycles. The molecule has 3 aliphatic rings. The smallest absolute Gasteiger partial charge is 0.0648 e. The van der Waals surface area contributed by atoms with Gasteiger partial charge in [-0.1, -0.05) is 19.8 Å². The molecule has 2 spiro atoms. The summed E-state index contributed by atoms with van der Waals surface area (Å²) >= 11 is 2.23. The maximum absolute atomic E-state index is 3.93. The molecule has 3 fully saturated rings. The first-order chi connectivity index (χ1) is 7.76. The molecule has 1 saturated heterocycles. The lowest BCUT2D eigenvalue weighted by molar-refractivity contribution is 0.154. The van der Waals surface area contributed by atoms with Crippen LogP contribution in [0.4, 0.5) is 0 Å². The Morgan fingerprint density at radius 2 is 1.75 bits per heavy atom. The lowest BCUT2D eigenvalue weighted by atomic mass is 9.71. The predicted octanol–water partition coefficient (Wildman–Crippen LogP) is 3.93. The fourth-order valence-corrected chi connectivity index (χ4v) is 5.62. The van der Waals surface area contributed by atoms with Crippen LogP contribution in [0, 0.1) is 5.41 Å². The van der Waals surface area contributed by atoms with E-state index >= 15 is 0 Å². The summed E-state index contributed by atoms with van der Waals surface area (Å²) in [6, 6.07) is 0.794. The summed E-state index contributed by atoms with van der Waals surface area (Å²) in [6.45, 7) is 2.32. The zero-order chi connectivity index (χ0) is 11.1. The van der Waals surface area contributed by atoms with Crippen molar-refractivity contribution >= 4 is 11.8 Å². The molecule has 0 radical (unpaired) electrons. The van der Waals surface area contributed by atoms with Gasteiger partial charge in [-0.3, -0.25) is 5.32 Å². The van der Waals surface area contributed by atoms with Gasteiger partial charge in [0.05, 0.1) is 4.87 Å². The minimum absolute atomic E-state index is 0.495. The van der Waals surface area contributed by atoms with Gasteiger partial charge < -0.3 is 0 Å². The highest BCUT2D eigenvalue weighted by atomic mass is 32.2. The van der Waals surface area contributed by atoms with E-state index in [9.17, 15) is 0 Å². The highest BCUT2D eigenvalue weighted by Crippen LogP contribution is 2.54. The van der Waals surface area contributed by atoms with Gasteiger partial charge in [-0.2, -0.15) is 0 Å². The molecule has 0 amide bonds. The van der Waals surface area contributed by atoms with Crippen molar-refractivity contribution in [1.29, 1.82) is 0 Å². The second-order valence-electron chi connectivity index (χ2n) is 6.26. The van der Waals surface area contributed by atoms with Crippen molar-refractivity contribution in [2.24, 2.45) is 5.41 Å². The largest absolute Gasteiger partial charge is 0.299 e. The summed E-state index contributed by atoms with van der Waals surface area (Å²) in [7, 11) is 0. The standard InChI is InChI=1S/C14H25NS/c1-2-12-11-16-14(15-12)9-7-13(8-10-14)5-3-4-6-13/h12,15H,2-11H2,1H3. The zero-order valence-electron chi connectivity index (χ0n) is 10.6. The Bertz CT molecular complexity index is 247. The summed E-state index contributed by atoms with van der Waals surface area (Å²) in [6.07, 6.45) is 13.3. The molecular weight excluding hydrogens is 214 g/mol. The first kappa shape index (κ1) is 11.4. The molecule has 3 rings (SSSR count). The molecule has 0 bridgehead atoms. The van der Waals surface area contributed by atoms with E-state index in [0.29, 0.717) is 4.87 Å². The highest BCUT2D eigenvalue weighted by molar-refractivity contribution is 8.00. The van der Waals surface area contributed by atoms with Gasteiger partial charge in [0.2, 0.25) is 0 Å². The Labute approximate surface area is 104 Å². The lowest BCUT2D eigenvalue weighted by Gasteiger charge is -2.43. The van der Waals surface area contributed by atoms with Crippen molar-refractivity contribution in [3.05, 3.63) is 0 Å². The minimum atomic E-state index is 0.495. The predicted molar refractivity (Wildman–Crippen MR) is 71.8 cm³/mol. The van der Waals surface area contributed by atoms with Crippen LogP contribution >= 0.6 is 11.8 Å². The van der Waals surface area contributed by atoms with E-state index in [1.165, 1.54) is 63.5 Å². The average Bonchev–Trinajstić information content (AvgIpc) is 2.91. The Balaban J connectivity index is 1.62. The molecule has 1 heterocycles. The third-order valence-corrected chi connectivity index (χ3v) is 6.95. The summed E-state index contributed by atoms with van der Waals surface area (Å²) in [4.78, 5) is 0.495. The van der Waals surface area contributed by atoms with Crippen molar-refractivity contribution < 1.29 is 0 Å². The summed E-state index contributed by atoms with van der Waals surface area (Å²) in [5.74, 6) is 1.35. The van der Waals surface area contributed by atoms with Crippen LogP contribution in [0.1, 0.15) is 64.7 Å². The third kappa shape index (κ3) is 1.92.